The average Bonchev–Trinajstić information content (AvgIpc) is 2.43. The molecule has 0 aliphatic heterocycles. The molecule has 0 spiro atoms. The summed E-state index contributed by atoms with van der Waals surface area (Å²) in [7, 11) is 0. The molecule has 114 valence electrons. The van der Waals surface area contributed by atoms with E-state index in [0.717, 1.165) is 18.9 Å². The molecular weight excluding hydrogens is 246 g/mol. The highest BCUT2D eigenvalue weighted by atomic mass is 15.3. The van der Waals surface area contributed by atoms with Crippen LogP contribution in [0.25, 0.3) is 0 Å². The number of hydrogen-bond donors (Lipinski definition) is 0. The fraction of sp³-hybridized carbons (Fsp3) is 0.765. The van der Waals surface area contributed by atoms with Crippen LogP contribution in [-0.2, 0) is 6.42 Å². The maximum Gasteiger partial charge on any atom is 0.225 e. The predicted molar refractivity (Wildman–Crippen MR) is 87.2 cm³/mol. The minimum atomic E-state index is 0.504. The van der Waals surface area contributed by atoms with E-state index in [4.69, 9.17) is 4.98 Å². The van der Waals surface area contributed by atoms with Crippen LogP contribution in [-0.4, -0.2) is 22.6 Å². The molecule has 0 aliphatic rings. The molecule has 0 N–H and O–H groups in total. The molecule has 0 aliphatic carbocycles. The first-order chi connectivity index (χ1) is 9.58. The Morgan fingerprint density at radius 2 is 1.90 bits per heavy atom. The number of unbranched alkanes of at least 4 members (excludes halogenated alkanes) is 1. The van der Waals surface area contributed by atoms with Crippen molar-refractivity contribution in [1.29, 1.82) is 0 Å². The Morgan fingerprint density at radius 1 is 1.15 bits per heavy atom. The summed E-state index contributed by atoms with van der Waals surface area (Å²) in [5, 5.41) is 0. The van der Waals surface area contributed by atoms with Crippen LogP contribution >= 0.6 is 0 Å². The lowest BCUT2D eigenvalue weighted by molar-refractivity contribution is 0.514. The van der Waals surface area contributed by atoms with Crippen LogP contribution in [0.2, 0.25) is 0 Å². The third-order valence-electron chi connectivity index (χ3n) is 3.54. The number of rotatable bonds is 9. The van der Waals surface area contributed by atoms with Crippen molar-refractivity contribution >= 4 is 5.95 Å². The molecule has 1 rings (SSSR count). The van der Waals surface area contributed by atoms with Crippen LogP contribution in [0, 0.1) is 5.92 Å². The highest BCUT2D eigenvalue weighted by molar-refractivity contribution is 5.32. The minimum absolute atomic E-state index is 0.504. The molecule has 3 heteroatoms. The summed E-state index contributed by atoms with van der Waals surface area (Å²) >= 11 is 0. The van der Waals surface area contributed by atoms with Gasteiger partial charge >= 0.3 is 0 Å². The Balaban J connectivity index is 2.88. The van der Waals surface area contributed by atoms with Crippen LogP contribution in [0.15, 0.2) is 12.3 Å². The third-order valence-corrected chi connectivity index (χ3v) is 3.54. The zero-order valence-corrected chi connectivity index (χ0v) is 13.9. The summed E-state index contributed by atoms with van der Waals surface area (Å²) < 4.78 is 0. The van der Waals surface area contributed by atoms with E-state index in [0.29, 0.717) is 12.0 Å². The molecule has 0 radical (unpaired) electrons. The zero-order chi connectivity index (χ0) is 15.0. The van der Waals surface area contributed by atoms with Gasteiger partial charge in [0.15, 0.2) is 0 Å². The molecule has 0 saturated heterocycles. The van der Waals surface area contributed by atoms with Gasteiger partial charge in [0.05, 0.1) is 0 Å². The molecule has 0 fully saturated rings. The van der Waals surface area contributed by atoms with Gasteiger partial charge in [-0.25, -0.2) is 9.97 Å². The van der Waals surface area contributed by atoms with Gasteiger partial charge in [-0.2, -0.15) is 0 Å². The number of anilines is 1. The fourth-order valence-electron chi connectivity index (χ4n) is 2.45. The van der Waals surface area contributed by atoms with Gasteiger partial charge in [0.2, 0.25) is 5.95 Å². The average molecular weight is 277 g/mol. The van der Waals surface area contributed by atoms with E-state index in [1.54, 1.807) is 0 Å². The van der Waals surface area contributed by atoms with Gasteiger partial charge in [-0.05, 0) is 38.2 Å². The topological polar surface area (TPSA) is 29.0 Å². The van der Waals surface area contributed by atoms with E-state index in [1.807, 2.05) is 6.20 Å². The molecule has 1 atom stereocenters. The molecule has 0 saturated carbocycles. The highest BCUT2D eigenvalue weighted by Gasteiger charge is 2.17. The smallest absolute Gasteiger partial charge is 0.225 e. The van der Waals surface area contributed by atoms with E-state index in [-0.39, 0.29) is 0 Å². The van der Waals surface area contributed by atoms with Gasteiger partial charge in [0.1, 0.15) is 0 Å². The Labute approximate surface area is 124 Å². The Hall–Kier alpha value is -1.12. The maximum atomic E-state index is 4.78. The van der Waals surface area contributed by atoms with Gasteiger partial charge < -0.3 is 4.90 Å². The lowest BCUT2D eigenvalue weighted by Gasteiger charge is -2.31. The Kier molecular flexibility index (Phi) is 7.56. The number of aryl methyl sites for hydroxylation is 1. The first-order valence-corrected chi connectivity index (χ1v) is 8.17. The normalized spacial score (nSPS) is 12.7. The van der Waals surface area contributed by atoms with Gasteiger partial charge in [-0.15, -0.1) is 0 Å². The van der Waals surface area contributed by atoms with Gasteiger partial charge in [0, 0.05) is 24.5 Å². The number of aromatic nitrogens is 2. The highest BCUT2D eigenvalue weighted by Crippen LogP contribution is 2.17. The van der Waals surface area contributed by atoms with Crippen LogP contribution in [0.4, 0.5) is 5.95 Å². The van der Waals surface area contributed by atoms with Gasteiger partial charge in [-0.3, -0.25) is 0 Å². The number of hydrogen-bond acceptors (Lipinski definition) is 3. The maximum absolute atomic E-state index is 4.78. The van der Waals surface area contributed by atoms with E-state index >= 15 is 0 Å². The molecule has 1 aromatic rings. The molecule has 0 aromatic carbocycles. The summed E-state index contributed by atoms with van der Waals surface area (Å²) in [6, 6.07) is 2.56. The number of nitrogens with zero attached hydrogens (tertiary/aromatic N) is 3. The Bertz CT molecular complexity index is 376. The minimum Gasteiger partial charge on any atom is -0.338 e. The Morgan fingerprint density at radius 3 is 2.50 bits per heavy atom. The monoisotopic (exact) mass is 277 g/mol. The van der Waals surface area contributed by atoms with Crippen LogP contribution in [0.3, 0.4) is 0 Å². The van der Waals surface area contributed by atoms with Crippen LogP contribution in [0.1, 0.15) is 66.0 Å². The van der Waals surface area contributed by atoms with Crippen molar-refractivity contribution in [3.63, 3.8) is 0 Å². The molecule has 3 nitrogen and oxygen atoms in total. The molecular formula is C17H31N3. The van der Waals surface area contributed by atoms with Crippen molar-refractivity contribution in [1.82, 2.24) is 9.97 Å². The summed E-state index contributed by atoms with van der Waals surface area (Å²) in [5.41, 5.74) is 1.18. The van der Waals surface area contributed by atoms with Crippen molar-refractivity contribution in [2.24, 2.45) is 5.92 Å². The van der Waals surface area contributed by atoms with Crippen molar-refractivity contribution in [3.8, 4) is 0 Å². The molecule has 1 unspecified atom stereocenters. The molecule has 1 heterocycles. The lowest BCUT2D eigenvalue weighted by atomic mass is 10.1. The largest absolute Gasteiger partial charge is 0.338 e. The summed E-state index contributed by atoms with van der Waals surface area (Å²) in [5.74, 6) is 1.53. The quantitative estimate of drug-likeness (QED) is 0.667. The van der Waals surface area contributed by atoms with Crippen molar-refractivity contribution < 1.29 is 0 Å². The summed E-state index contributed by atoms with van der Waals surface area (Å²) in [4.78, 5) is 11.7. The SMILES string of the molecule is CCCCc1ccnc(N(CC(C)C)C(C)CCC)n1. The van der Waals surface area contributed by atoms with Crippen LogP contribution in [0.5, 0.6) is 0 Å². The molecule has 20 heavy (non-hydrogen) atoms. The fourth-order valence-corrected chi connectivity index (χ4v) is 2.45. The zero-order valence-electron chi connectivity index (χ0n) is 13.9. The van der Waals surface area contributed by atoms with Crippen molar-refractivity contribution in [2.45, 2.75) is 72.8 Å². The molecule has 1 aromatic heterocycles. The van der Waals surface area contributed by atoms with Crippen LogP contribution < -0.4 is 4.90 Å². The second-order valence-electron chi connectivity index (χ2n) is 6.14. The summed E-state index contributed by atoms with van der Waals surface area (Å²) in [6.07, 6.45) is 7.77. The first-order valence-electron chi connectivity index (χ1n) is 8.17. The third kappa shape index (κ3) is 5.48. The van der Waals surface area contributed by atoms with Gasteiger partial charge in [0.25, 0.3) is 0 Å². The molecule has 0 amide bonds. The van der Waals surface area contributed by atoms with E-state index < -0.39 is 0 Å². The first kappa shape index (κ1) is 16.9. The van der Waals surface area contributed by atoms with Crippen molar-refractivity contribution in [3.05, 3.63) is 18.0 Å². The lowest BCUT2D eigenvalue weighted by Crippen LogP contribution is -2.37. The molecule has 0 bridgehead atoms. The predicted octanol–water partition coefficient (Wildman–Crippen LogP) is 4.47. The second kappa shape index (κ2) is 8.93. The van der Waals surface area contributed by atoms with E-state index in [1.165, 1.54) is 31.4 Å². The second-order valence-corrected chi connectivity index (χ2v) is 6.14. The van der Waals surface area contributed by atoms with Crippen molar-refractivity contribution in [2.75, 3.05) is 11.4 Å². The summed E-state index contributed by atoms with van der Waals surface area (Å²) in [6.45, 7) is 12.3. The van der Waals surface area contributed by atoms with Gasteiger partial charge in [-0.1, -0.05) is 40.5 Å². The van der Waals surface area contributed by atoms with E-state index in [2.05, 4.69) is 50.6 Å². The standard InChI is InChI=1S/C17H31N3/c1-6-8-10-16-11-12-18-17(19-16)20(13-14(3)4)15(5)9-7-2/h11-12,14-15H,6-10,13H2,1-5H3. The van der Waals surface area contributed by atoms with E-state index in [9.17, 15) is 0 Å².